The summed E-state index contributed by atoms with van der Waals surface area (Å²) in [6, 6.07) is 31.9. The molecule has 2 heterocycles. The van der Waals surface area contributed by atoms with Gasteiger partial charge in [-0.25, -0.2) is 0 Å². The molecular formula is C47H46N2O. The Bertz CT molecular complexity index is 2180. The smallest absolute Gasteiger partial charge is 0.143 e. The van der Waals surface area contributed by atoms with E-state index in [4.69, 9.17) is 4.42 Å². The number of benzene rings is 4. The number of anilines is 1. The van der Waals surface area contributed by atoms with Gasteiger partial charge in [-0.3, -0.25) is 0 Å². The number of nitrogens with one attached hydrogen (secondary N) is 1. The number of hydrogen-bond donors (Lipinski definition) is 1. The van der Waals surface area contributed by atoms with Crippen LogP contribution in [0.5, 0.6) is 0 Å². The fourth-order valence-electron chi connectivity index (χ4n) is 6.78. The van der Waals surface area contributed by atoms with Crippen molar-refractivity contribution in [2.45, 2.75) is 33.1 Å². The van der Waals surface area contributed by atoms with E-state index < -0.39 is 0 Å². The average Bonchev–Trinajstić information content (AvgIpc) is 3.63. The Hall–Kier alpha value is -5.98. The summed E-state index contributed by atoms with van der Waals surface area (Å²) in [5.41, 5.74) is 14.5. The van der Waals surface area contributed by atoms with E-state index >= 15 is 0 Å². The van der Waals surface area contributed by atoms with E-state index in [1.54, 1.807) is 6.08 Å². The Balaban J connectivity index is 0.000000194. The second kappa shape index (κ2) is 15.5. The maximum atomic E-state index is 6.17. The number of dihydropyridines is 1. The number of allylic oxidation sites excluding steroid dienone is 7. The van der Waals surface area contributed by atoms with Gasteiger partial charge in [-0.1, -0.05) is 130 Å². The third-order valence-corrected chi connectivity index (χ3v) is 9.77. The molecule has 50 heavy (non-hydrogen) atoms. The van der Waals surface area contributed by atoms with Crippen molar-refractivity contribution < 1.29 is 4.42 Å². The van der Waals surface area contributed by atoms with Gasteiger partial charge in [0.2, 0.25) is 0 Å². The lowest BCUT2D eigenvalue weighted by Gasteiger charge is -2.29. The molecule has 2 aliphatic rings. The molecule has 0 saturated carbocycles. The van der Waals surface area contributed by atoms with Crippen LogP contribution < -0.4 is 10.2 Å². The molecule has 1 N–H and O–H groups in total. The first-order chi connectivity index (χ1) is 24.3. The average molecular weight is 655 g/mol. The summed E-state index contributed by atoms with van der Waals surface area (Å²) in [5, 5.41) is 5.92. The molecule has 0 radical (unpaired) electrons. The monoisotopic (exact) mass is 654 g/mol. The molecule has 5 aromatic rings. The van der Waals surface area contributed by atoms with Gasteiger partial charge in [0.15, 0.2) is 0 Å². The molecular weight excluding hydrogens is 609 g/mol. The molecule has 0 atom stereocenters. The third kappa shape index (κ3) is 6.79. The molecule has 0 unspecified atom stereocenters. The topological polar surface area (TPSA) is 28.4 Å². The van der Waals surface area contributed by atoms with Gasteiger partial charge < -0.3 is 14.6 Å². The van der Waals surface area contributed by atoms with Gasteiger partial charge in [0.25, 0.3) is 0 Å². The zero-order valence-corrected chi connectivity index (χ0v) is 29.7. The first-order valence-electron chi connectivity index (χ1n) is 16.9. The SMILES string of the molecule is C#C.C=C/C=C(\C=C)C1=CC=C(N(CC=C)c2ccc(-c3ccccc3)cc2)CN1.CC1=C(C)C(C)(C)c2ccc3c(oc4ccccc43)c21. The van der Waals surface area contributed by atoms with Crippen LogP contribution in [0.3, 0.4) is 0 Å². The van der Waals surface area contributed by atoms with Crippen molar-refractivity contribution in [2.24, 2.45) is 0 Å². The zero-order chi connectivity index (χ0) is 35.8. The number of furan rings is 1. The second-order valence-corrected chi connectivity index (χ2v) is 12.8. The Morgan fingerprint density at radius 2 is 1.52 bits per heavy atom. The van der Waals surface area contributed by atoms with Crippen molar-refractivity contribution in [3.63, 3.8) is 0 Å². The van der Waals surface area contributed by atoms with Crippen LogP contribution in [0.4, 0.5) is 5.69 Å². The van der Waals surface area contributed by atoms with E-state index in [0.29, 0.717) is 0 Å². The largest absolute Gasteiger partial charge is 0.455 e. The maximum Gasteiger partial charge on any atom is 0.143 e. The number of para-hydroxylation sites is 1. The Labute approximate surface area is 298 Å². The number of hydrogen-bond acceptors (Lipinski definition) is 3. The fraction of sp³-hybridized carbons (Fsp3) is 0.149. The minimum atomic E-state index is 0.104. The highest BCUT2D eigenvalue weighted by atomic mass is 16.3. The van der Waals surface area contributed by atoms with Crippen molar-refractivity contribution in [1.82, 2.24) is 5.32 Å². The highest BCUT2D eigenvalue weighted by Crippen LogP contribution is 2.49. The minimum Gasteiger partial charge on any atom is -0.455 e. The Morgan fingerprint density at radius 1 is 0.840 bits per heavy atom. The molecule has 1 aromatic heterocycles. The summed E-state index contributed by atoms with van der Waals surface area (Å²) >= 11 is 0. The normalized spacial score (nSPS) is 14.6. The van der Waals surface area contributed by atoms with Crippen molar-refractivity contribution in [1.29, 1.82) is 0 Å². The van der Waals surface area contributed by atoms with E-state index in [9.17, 15) is 0 Å². The van der Waals surface area contributed by atoms with E-state index in [1.165, 1.54) is 49.9 Å². The van der Waals surface area contributed by atoms with Crippen molar-refractivity contribution in [2.75, 3.05) is 18.0 Å². The Kier molecular flexibility index (Phi) is 10.9. The standard InChI is InChI=1S/C26H26N2.C19H18O.C2H2/c1-4-10-21(6-3)26-18-17-25(20-27-26)28(19-5-2)24-15-13-23(14-16-24)22-11-8-7-9-12-22;1-11-12(2)19(3,4)15-10-9-14-13-7-5-6-8-16(13)20-18(14)17(11)15;1-2/h4-18,27H,1-3,19-20H2;5-10H,1-4H3;1-2H/b21-10+;;. The quantitative estimate of drug-likeness (QED) is 0.103. The number of rotatable bonds is 8. The summed E-state index contributed by atoms with van der Waals surface area (Å²) in [7, 11) is 0. The lowest BCUT2D eigenvalue weighted by Crippen LogP contribution is -2.32. The summed E-state index contributed by atoms with van der Waals surface area (Å²) < 4.78 is 6.17. The van der Waals surface area contributed by atoms with Crippen LogP contribution in [0.25, 0.3) is 38.6 Å². The molecule has 0 bridgehead atoms. The second-order valence-electron chi connectivity index (χ2n) is 12.8. The molecule has 0 fully saturated rings. The number of terminal acetylenes is 1. The summed E-state index contributed by atoms with van der Waals surface area (Å²) in [5.74, 6) is 0. The first-order valence-corrected chi connectivity index (χ1v) is 16.9. The molecule has 3 heteroatoms. The van der Waals surface area contributed by atoms with Crippen molar-refractivity contribution >= 4 is 33.2 Å². The molecule has 4 aromatic carbocycles. The molecule has 0 spiro atoms. The zero-order valence-electron chi connectivity index (χ0n) is 29.7. The first kappa shape index (κ1) is 35.3. The summed E-state index contributed by atoms with van der Waals surface area (Å²) in [6.07, 6.45) is 19.7. The molecule has 7 rings (SSSR count). The maximum absolute atomic E-state index is 6.17. The number of nitrogens with zero attached hydrogens (tertiary/aromatic N) is 1. The molecule has 0 amide bonds. The van der Waals surface area contributed by atoms with Crippen LogP contribution in [0, 0.1) is 12.8 Å². The van der Waals surface area contributed by atoms with Crippen LogP contribution in [-0.2, 0) is 5.41 Å². The van der Waals surface area contributed by atoms with Crippen LogP contribution in [0.15, 0.2) is 174 Å². The minimum absolute atomic E-state index is 0.104. The van der Waals surface area contributed by atoms with Crippen molar-refractivity contribution in [3.8, 4) is 24.0 Å². The van der Waals surface area contributed by atoms with E-state index in [0.717, 1.165) is 41.2 Å². The lowest BCUT2D eigenvalue weighted by molar-refractivity contribution is 0.634. The summed E-state index contributed by atoms with van der Waals surface area (Å²) in [4.78, 5) is 2.27. The molecule has 1 aliphatic carbocycles. The molecule has 3 nitrogen and oxygen atoms in total. The lowest BCUT2D eigenvalue weighted by atomic mass is 9.82. The third-order valence-electron chi connectivity index (χ3n) is 9.77. The van der Waals surface area contributed by atoms with Crippen molar-refractivity contribution in [3.05, 3.63) is 181 Å². The molecule has 0 saturated heterocycles. The van der Waals surface area contributed by atoms with Gasteiger partial charge in [0.05, 0.1) is 6.54 Å². The highest BCUT2D eigenvalue weighted by Gasteiger charge is 2.35. The number of fused-ring (bicyclic) bond motifs is 5. The van der Waals surface area contributed by atoms with Gasteiger partial charge in [0.1, 0.15) is 11.2 Å². The van der Waals surface area contributed by atoms with E-state index in [2.05, 4.69) is 155 Å². The van der Waals surface area contributed by atoms with Crippen LogP contribution >= 0.6 is 0 Å². The fourth-order valence-corrected chi connectivity index (χ4v) is 6.78. The van der Waals surface area contributed by atoms with Gasteiger partial charge >= 0.3 is 0 Å². The van der Waals surface area contributed by atoms with Gasteiger partial charge in [-0.15, -0.1) is 19.4 Å². The predicted molar refractivity (Wildman–Crippen MR) is 217 cm³/mol. The van der Waals surface area contributed by atoms with Gasteiger partial charge in [-0.05, 0) is 72.0 Å². The van der Waals surface area contributed by atoms with Crippen LogP contribution in [-0.4, -0.2) is 13.1 Å². The Morgan fingerprint density at radius 3 is 2.16 bits per heavy atom. The predicted octanol–water partition coefficient (Wildman–Crippen LogP) is 11.9. The van der Waals surface area contributed by atoms with Gasteiger partial charge in [0, 0.05) is 45.4 Å². The van der Waals surface area contributed by atoms with E-state index in [1.807, 2.05) is 36.4 Å². The van der Waals surface area contributed by atoms with Crippen LogP contribution in [0.1, 0.15) is 38.8 Å². The van der Waals surface area contributed by atoms with Crippen LogP contribution in [0.2, 0.25) is 0 Å². The molecule has 1 aliphatic heterocycles. The summed E-state index contributed by atoms with van der Waals surface area (Å²) in [6.45, 7) is 22.1. The highest BCUT2D eigenvalue weighted by molar-refractivity contribution is 6.09. The molecule has 250 valence electrons. The van der Waals surface area contributed by atoms with E-state index in [-0.39, 0.29) is 5.41 Å². The van der Waals surface area contributed by atoms with Gasteiger partial charge in [-0.2, -0.15) is 0 Å².